The first-order valence-corrected chi connectivity index (χ1v) is 11.4. The second-order valence-electron chi connectivity index (χ2n) is 8.37. The van der Waals surface area contributed by atoms with Crippen LogP contribution in [-0.4, -0.2) is 61.0 Å². The molecule has 1 aliphatic carbocycles. The number of anilines is 3. The van der Waals surface area contributed by atoms with Crippen molar-refractivity contribution >= 4 is 29.2 Å². The zero-order chi connectivity index (χ0) is 24.2. The van der Waals surface area contributed by atoms with Gasteiger partial charge in [0.05, 0.1) is 48.0 Å². The molecule has 3 aromatic rings. The summed E-state index contributed by atoms with van der Waals surface area (Å²) in [4.78, 5) is 42.3. The molecule has 2 aliphatic rings. The van der Waals surface area contributed by atoms with Crippen LogP contribution < -0.4 is 20.7 Å². The molecule has 182 valence electrons. The minimum atomic E-state index is -0.833. The normalized spacial score (nSPS) is 17.1. The summed E-state index contributed by atoms with van der Waals surface area (Å²) in [6, 6.07) is 0. The van der Waals surface area contributed by atoms with E-state index >= 15 is 0 Å². The van der Waals surface area contributed by atoms with Crippen LogP contribution in [0, 0.1) is 0 Å². The molecule has 35 heavy (non-hydrogen) atoms. The minimum Gasteiger partial charge on any atom is -0.387 e. The summed E-state index contributed by atoms with van der Waals surface area (Å²) >= 11 is 0. The van der Waals surface area contributed by atoms with Gasteiger partial charge in [0.1, 0.15) is 12.0 Å². The number of rotatable bonds is 8. The minimum absolute atomic E-state index is 0.00373. The van der Waals surface area contributed by atoms with Crippen molar-refractivity contribution in [2.75, 3.05) is 23.8 Å². The van der Waals surface area contributed by atoms with Gasteiger partial charge in [-0.05, 0) is 25.7 Å². The van der Waals surface area contributed by atoms with Crippen molar-refractivity contribution in [1.82, 2.24) is 35.0 Å². The molecule has 0 bridgehead atoms. The van der Waals surface area contributed by atoms with Gasteiger partial charge in [0.25, 0.3) is 11.8 Å². The molecule has 13 heteroatoms. The lowest BCUT2D eigenvalue weighted by atomic mass is 10.2. The van der Waals surface area contributed by atoms with Gasteiger partial charge in [0.2, 0.25) is 0 Å². The molecule has 0 radical (unpaired) electrons. The van der Waals surface area contributed by atoms with Crippen LogP contribution in [0.15, 0.2) is 31.1 Å². The van der Waals surface area contributed by atoms with Crippen LogP contribution in [0.4, 0.5) is 22.0 Å². The van der Waals surface area contributed by atoms with Crippen molar-refractivity contribution in [3.8, 4) is 5.88 Å². The number of aromatic nitrogens is 6. The molecule has 13 nitrogen and oxygen atoms in total. The third-order valence-electron chi connectivity index (χ3n) is 5.67. The average Bonchev–Trinajstić information content (AvgIpc) is 3.45. The predicted molar refractivity (Wildman–Crippen MR) is 123 cm³/mol. The first-order chi connectivity index (χ1) is 17.1. The third kappa shape index (κ3) is 5.51. The highest BCUT2D eigenvalue weighted by Crippen LogP contribution is 2.40. The van der Waals surface area contributed by atoms with E-state index in [1.54, 1.807) is 25.6 Å². The maximum absolute atomic E-state index is 12.8. The van der Waals surface area contributed by atoms with Crippen molar-refractivity contribution < 1.29 is 19.1 Å². The second-order valence-corrected chi connectivity index (χ2v) is 8.37. The number of carbonyl (C=O) groups is 2. The van der Waals surface area contributed by atoms with E-state index < -0.39 is 6.09 Å². The monoisotopic (exact) mass is 479 g/mol. The van der Waals surface area contributed by atoms with E-state index in [9.17, 15) is 9.59 Å². The van der Waals surface area contributed by atoms with Gasteiger partial charge in [-0.2, -0.15) is 5.10 Å². The van der Waals surface area contributed by atoms with Crippen molar-refractivity contribution in [3.05, 3.63) is 42.5 Å². The van der Waals surface area contributed by atoms with Crippen LogP contribution in [0.1, 0.15) is 47.8 Å². The first kappa shape index (κ1) is 22.7. The lowest BCUT2D eigenvalue weighted by Crippen LogP contribution is -2.33. The molecule has 0 spiro atoms. The first-order valence-electron chi connectivity index (χ1n) is 11.4. The summed E-state index contributed by atoms with van der Waals surface area (Å²) in [7, 11) is 1.62. The fourth-order valence-corrected chi connectivity index (χ4v) is 3.74. The van der Waals surface area contributed by atoms with E-state index in [0.717, 1.165) is 31.4 Å². The van der Waals surface area contributed by atoms with Gasteiger partial charge in [-0.15, -0.1) is 0 Å². The Balaban J connectivity index is 1.29. The maximum atomic E-state index is 12.8. The summed E-state index contributed by atoms with van der Waals surface area (Å²) in [5, 5.41) is 12.5. The Bertz CT molecular complexity index is 1210. The van der Waals surface area contributed by atoms with E-state index in [2.05, 4.69) is 41.0 Å². The molecule has 1 saturated carbocycles. The van der Waals surface area contributed by atoms with Crippen LogP contribution in [0.2, 0.25) is 0 Å². The number of hydrogen-bond donors (Lipinski definition) is 3. The fraction of sp³-hybridized carbons (Fsp3) is 0.409. The molecule has 0 unspecified atom stereocenters. The van der Waals surface area contributed by atoms with Gasteiger partial charge in [0.15, 0.2) is 5.82 Å². The molecular weight excluding hydrogens is 454 g/mol. The third-order valence-corrected chi connectivity index (χ3v) is 5.67. The summed E-state index contributed by atoms with van der Waals surface area (Å²) in [5.74, 6) is 0.168. The highest BCUT2D eigenvalue weighted by Gasteiger charge is 2.28. The molecule has 1 atom stereocenters. The van der Waals surface area contributed by atoms with Gasteiger partial charge in [-0.3, -0.25) is 14.8 Å². The summed E-state index contributed by atoms with van der Waals surface area (Å²) in [6.07, 6.45) is 10.6. The molecule has 3 N–H and O–H groups in total. The van der Waals surface area contributed by atoms with Crippen LogP contribution in [0.5, 0.6) is 5.88 Å². The average molecular weight is 480 g/mol. The lowest BCUT2D eigenvalue weighted by Gasteiger charge is -2.13. The quantitative estimate of drug-likeness (QED) is 0.437. The van der Waals surface area contributed by atoms with Gasteiger partial charge in [0, 0.05) is 26.1 Å². The van der Waals surface area contributed by atoms with Crippen LogP contribution in [-0.2, 0) is 11.8 Å². The number of nitrogens with one attached hydrogen (secondary N) is 3. The Hall–Kier alpha value is -4.13. The standard InChI is InChI=1S/C22H25N9O4/c1-31-18(20(32)26-9-15-3-2-6-34-15)17(11-27-31)30-22(33)35-21-19(28-14-7-23-12-24-8-14)25-10-16(29-21)13-4-5-13/h7-8,10-13,15H,2-6,9H2,1H3,(H,25,28)(H,26,32)(H,30,33)/t15-/m1/s1. The van der Waals surface area contributed by atoms with Gasteiger partial charge >= 0.3 is 6.09 Å². The topological polar surface area (TPSA) is 158 Å². The molecule has 3 aromatic heterocycles. The number of amides is 2. The van der Waals surface area contributed by atoms with Gasteiger partial charge in [-0.1, -0.05) is 0 Å². The Morgan fingerprint density at radius 2 is 2.00 bits per heavy atom. The smallest absolute Gasteiger partial charge is 0.387 e. The van der Waals surface area contributed by atoms with Gasteiger partial charge in [-0.25, -0.2) is 24.7 Å². The molecule has 0 aromatic carbocycles. The van der Waals surface area contributed by atoms with E-state index in [1.165, 1.54) is 17.2 Å². The number of nitrogens with zero attached hydrogens (tertiary/aromatic N) is 6. The Kier molecular flexibility index (Phi) is 6.48. The molecular formula is C22H25N9O4. The number of hydrogen-bond acceptors (Lipinski definition) is 10. The Labute approximate surface area is 200 Å². The van der Waals surface area contributed by atoms with Crippen LogP contribution >= 0.6 is 0 Å². The molecule has 4 heterocycles. The van der Waals surface area contributed by atoms with Gasteiger partial charge < -0.3 is 20.1 Å². The van der Waals surface area contributed by atoms with Crippen LogP contribution in [0.25, 0.3) is 0 Å². The Morgan fingerprint density at radius 3 is 2.74 bits per heavy atom. The second kappa shape index (κ2) is 10.0. The van der Waals surface area contributed by atoms with E-state index in [4.69, 9.17) is 9.47 Å². The summed E-state index contributed by atoms with van der Waals surface area (Å²) in [6.45, 7) is 1.08. The van der Waals surface area contributed by atoms with E-state index in [1.807, 2.05) is 0 Å². The Morgan fingerprint density at radius 1 is 1.17 bits per heavy atom. The molecule has 1 saturated heterocycles. The van der Waals surface area contributed by atoms with Crippen LogP contribution in [0.3, 0.4) is 0 Å². The maximum Gasteiger partial charge on any atom is 0.418 e. The molecule has 2 amide bonds. The largest absolute Gasteiger partial charge is 0.418 e. The highest BCUT2D eigenvalue weighted by molar-refractivity contribution is 6.01. The highest BCUT2D eigenvalue weighted by atomic mass is 16.6. The van der Waals surface area contributed by atoms with Crippen molar-refractivity contribution in [2.24, 2.45) is 7.05 Å². The SMILES string of the molecule is Cn1ncc(NC(=O)Oc2nc(C3CC3)cnc2Nc2cncnc2)c1C(=O)NC[C@H]1CCCO1. The molecule has 2 fully saturated rings. The lowest BCUT2D eigenvalue weighted by molar-refractivity contribution is 0.0851. The fourth-order valence-electron chi connectivity index (χ4n) is 3.74. The number of ether oxygens (including phenoxy) is 2. The van der Waals surface area contributed by atoms with Crippen molar-refractivity contribution in [2.45, 2.75) is 37.7 Å². The van der Waals surface area contributed by atoms with Crippen molar-refractivity contribution in [1.29, 1.82) is 0 Å². The zero-order valence-corrected chi connectivity index (χ0v) is 19.1. The van der Waals surface area contributed by atoms with E-state index in [0.29, 0.717) is 24.8 Å². The van der Waals surface area contributed by atoms with E-state index in [-0.39, 0.29) is 35.1 Å². The van der Waals surface area contributed by atoms with Crippen molar-refractivity contribution in [3.63, 3.8) is 0 Å². The summed E-state index contributed by atoms with van der Waals surface area (Å²) in [5.41, 5.74) is 1.71. The zero-order valence-electron chi connectivity index (χ0n) is 19.1. The molecule has 1 aliphatic heterocycles. The predicted octanol–water partition coefficient (Wildman–Crippen LogP) is 2.14. The number of carbonyl (C=O) groups excluding carboxylic acids is 2. The molecule has 5 rings (SSSR count). The number of aryl methyl sites for hydroxylation is 1. The summed E-state index contributed by atoms with van der Waals surface area (Å²) < 4.78 is 12.4.